The summed E-state index contributed by atoms with van der Waals surface area (Å²) in [5, 5.41) is 0. The summed E-state index contributed by atoms with van der Waals surface area (Å²) in [7, 11) is 1.50. The molecule has 2 amide bonds. The van der Waals surface area contributed by atoms with E-state index in [0.29, 0.717) is 30.1 Å². The molecule has 0 saturated carbocycles. The maximum Gasteiger partial charge on any atom is 0.258 e. The Balaban J connectivity index is 1.83. The third-order valence-electron chi connectivity index (χ3n) is 4.37. The largest absolute Gasteiger partial charge is 0.496 e. The molecule has 3 rings (SSSR count). The van der Waals surface area contributed by atoms with Gasteiger partial charge >= 0.3 is 0 Å². The maximum atomic E-state index is 13.4. The quantitative estimate of drug-likeness (QED) is 0.862. The number of methoxy groups -OCH3 is 1. The second-order valence-corrected chi connectivity index (χ2v) is 5.84. The summed E-state index contributed by atoms with van der Waals surface area (Å²) >= 11 is 0. The average molecular weight is 342 g/mol. The minimum absolute atomic E-state index is 0.236. The predicted molar refractivity (Wildman–Crippen MR) is 92.2 cm³/mol. The number of carbonyl (C=O) groups is 2. The molecule has 1 saturated heterocycles. The van der Waals surface area contributed by atoms with Crippen LogP contribution in [0.4, 0.5) is 10.1 Å². The summed E-state index contributed by atoms with van der Waals surface area (Å²) in [5.74, 6) is -0.414. The molecule has 5 nitrogen and oxygen atoms in total. The van der Waals surface area contributed by atoms with Crippen LogP contribution in [0.2, 0.25) is 0 Å². The van der Waals surface area contributed by atoms with Crippen molar-refractivity contribution in [3.63, 3.8) is 0 Å². The van der Waals surface area contributed by atoms with Crippen molar-refractivity contribution < 1.29 is 18.7 Å². The highest BCUT2D eigenvalue weighted by Crippen LogP contribution is 2.25. The number of para-hydroxylation sites is 1. The monoisotopic (exact) mass is 342 g/mol. The molecule has 0 N–H and O–H groups in total. The van der Waals surface area contributed by atoms with Gasteiger partial charge in [0.05, 0.1) is 12.7 Å². The average Bonchev–Trinajstić information content (AvgIpc) is 2.63. The summed E-state index contributed by atoms with van der Waals surface area (Å²) in [6.07, 6.45) is 0. The van der Waals surface area contributed by atoms with E-state index in [4.69, 9.17) is 4.74 Å². The van der Waals surface area contributed by atoms with E-state index in [9.17, 15) is 14.0 Å². The van der Waals surface area contributed by atoms with Gasteiger partial charge in [-0.25, -0.2) is 4.39 Å². The topological polar surface area (TPSA) is 49.9 Å². The van der Waals surface area contributed by atoms with Crippen LogP contribution >= 0.6 is 0 Å². The lowest BCUT2D eigenvalue weighted by Crippen LogP contribution is -2.57. The molecule has 1 heterocycles. The molecule has 25 heavy (non-hydrogen) atoms. The highest BCUT2D eigenvalue weighted by atomic mass is 19.1. The molecular weight excluding hydrogens is 323 g/mol. The zero-order chi connectivity index (χ0) is 18.0. The Hall–Kier alpha value is -2.89. The van der Waals surface area contributed by atoms with Crippen LogP contribution in [-0.4, -0.2) is 43.0 Å². The molecule has 0 bridgehead atoms. The number of piperazine rings is 1. The van der Waals surface area contributed by atoms with Gasteiger partial charge in [-0.3, -0.25) is 9.59 Å². The molecule has 0 aliphatic carbocycles. The number of anilines is 1. The summed E-state index contributed by atoms with van der Waals surface area (Å²) in [5.41, 5.74) is 0.921. The van der Waals surface area contributed by atoms with E-state index in [0.717, 1.165) is 0 Å². The molecule has 0 aromatic heterocycles. The summed E-state index contributed by atoms with van der Waals surface area (Å²) in [6, 6.07) is 12.2. The van der Waals surface area contributed by atoms with Gasteiger partial charge in [0.2, 0.25) is 5.91 Å². The van der Waals surface area contributed by atoms with Crippen molar-refractivity contribution in [2.45, 2.75) is 13.0 Å². The number of hydrogen-bond donors (Lipinski definition) is 0. The Bertz CT molecular complexity index is 809. The van der Waals surface area contributed by atoms with Gasteiger partial charge in [-0.2, -0.15) is 0 Å². The fraction of sp³-hybridized carbons (Fsp3) is 0.263. The van der Waals surface area contributed by atoms with Crippen LogP contribution in [0.25, 0.3) is 0 Å². The standard InChI is InChI=1S/C19H19FN2O3/c1-13-18(23)22(15-7-5-6-14(20)12-15)11-10-21(13)19(24)16-8-3-4-9-17(16)25-2/h3-9,12-13H,10-11H2,1-2H3. The molecule has 0 spiro atoms. The second-order valence-electron chi connectivity index (χ2n) is 5.84. The van der Waals surface area contributed by atoms with Gasteiger partial charge in [0.25, 0.3) is 5.91 Å². The lowest BCUT2D eigenvalue weighted by Gasteiger charge is -2.39. The molecule has 2 aromatic rings. The molecule has 2 aromatic carbocycles. The van der Waals surface area contributed by atoms with E-state index in [1.165, 1.54) is 29.0 Å². The van der Waals surface area contributed by atoms with Crippen LogP contribution in [0.15, 0.2) is 48.5 Å². The Morgan fingerprint density at radius 2 is 1.92 bits per heavy atom. The first kappa shape index (κ1) is 17.0. The normalized spacial score (nSPS) is 17.6. The zero-order valence-electron chi connectivity index (χ0n) is 14.1. The van der Waals surface area contributed by atoms with Crippen LogP contribution < -0.4 is 9.64 Å². The molecule has 1 aliphatic rings. The number of benzene rings is 2. The van der Waals surface area contributed by atoms with Crippen molar-refractivity contribution in [3.05, 3.63) is 59.9 Å². The van der Waals surface area contributed by atoms with Crippen molar-refractivity contribution >= 4 is 17.5 Å². The van der Waals surface area contributed by atoms with Gasteiger partial charge < -0.3 is 14.5 Å². The second kappa shape index (κ2) is 6.93. The van der Waals surface area contributed by atoms with E-state index < -0.39 is 11.9 Å². The molecule has 1 unspecified atom stereocenters. The zero-order valence-corrected chi connectivity index (χ0v) is 14.1. The number of rotatable bonds is 3. The smallest absolute Gasteiger partial charge is 0.258 e. The number of halogens is 1. The highest BCUT2D eigenvalue weighted by Gasteiger charge is 2.36. The number of nitrogens with zero attached hydrogens (tertiary/aromatic N) is 2. The number of hydrogen-bond acceptors (Lipinski definition) is 3. The van der Waals surface area contributed by atoms with E-state index in [2.05, 4.69) is 0 Å². The molecule has 6 heteroatoms. The van der Waals surface area contributed by atoms with E-state index in [-0.39, 0.29) is 11.8 Å². The lowest BCUT2D eigenvalue weighted by molar-refractivity contribution is -0.124. The lowest BCUT2D eigenvalue weighted by atomic mass is 10.1. The summed E-state index contributed by atoms with van der Waals surface area (Å²) in [4.78, 5) is 28.6. The van der Waals surface area contributed by atoms with Gasteiger partial charge in [-0.05, 0) is 37.3 Å². The van der Waals surface area contributed by atoms with Crippen LogP contribution in [0.5, 0.6) is 5.75 Å². The fourth-order valence-electron chi connectivity index (χ4n) is 3.02. The molecule has 1 fully saturated rings. The van der Waals surface area contributed by atoms with E-state index in [1.54, 1.807) is 43.3 Å². The van der Waals surface area contributed by atoms with Crippen molar-refractivity contribution in [3.8, 4) is 5.75 Å². The van der Waals surface area contributed by atoms with Crippen molar-refractivity contribution in [2.75, 3.05) is 25.1 Å². The highest BCUT2D eigenvalue weighted by molar-refractivity contribution is 6.04. The fourth-order valence-corrected chi connectivity index (χ4v) is 3.02. The summed E-state index contributed by atoms with van der Waals surface area (Å²) in [6.45, 7) is 2.36. The Labute approximate surface area is 145 Å². The number of amides is 2. The third-order valence-corrected chi connectivity index (χ3v) is 4.37. The van der Waals surface area contributed by atoms with Crippen molar-refractivity contribution in [1.29, 1.82) is 0 Å². The Morgan fingerprint density at radius 1 is 1.16 bits per heavy atom. The first-order valence-corrected chi connectivity index (χ1v) is 8.04. The number of carbonyl (C=O) groups excluding carboxylic acids is 2. The van der Waals surface area contributed by atoms with Gasteiger partial charge in [0.1, 0.15) is 17.6 Å². The Kier molecular flexibility index (Phi) is 4.70. The molecule has 0 radical (unpaired) electrons. The van der Waals surface area contributed by atoms with Gasteiger partial charge in [-0.15, -0.1) is 0 Å². The van der Waals surface area contributed by atoms with Crippen LogP contribution in [0, 0.1) is 5.82 Å². The molecular formula is C19H19FN2O3. The number of ether oxygens (including phenoxy) is 1. The van der Waals surface area contributed by atoms with Crippen LogP contribution in [0.1, 0.15) is 17.3 Å². The molecule has 1 atom stereocenters. The van der Waals surface area contributed by atoms with Gasteiger partial charge in [0.15, 0.2) is 0 Å². The van der Waals surface area contributed by atoms with E-state index in [1.807, 2.05) is 0 Å². The molecule has 130 valence electrons. The third kappa shape index (κ3) is 3.20. The van der Waals surface area contributed by atoms with E-state index >= 15 is 0 Å². The predicted octanol–water partition coefficient (Wildman–Crippen LogP) is 2.71. The summed E-state index contributed by atoms with van der Waals surface area (Å²) < 4.78 is 18.7. The first-order chi connectivity index (χ1) is 12.0. The van der Waals surface area contributed by atoms with Crippen molar-refractivity contribution in [2.24, 2.45) is 0 Å². The van der Waals surface area contributed by atoms with Crippen LogP contribution in [-0.2, 0) is 4.79 Å². The van der Waals surface area contributed by atoms with Crippen LogP contribution in [0.3, 0.4) is 0 Å². The SMILES string of the molecule is COc1ccccc1C(=O)N1CCN(c2cccc(F)c2)C(=O)C1C. The van der Waals surface area contributed by atoms with Crippen molar-refractivity contribution in [1.82, 2.24) is 4.90 Å². The maximum absolute atomic E-state index is 13.4. The molecule has 1 aliphatic heterocycles. The minimum Gasteiger partial charge on any atom is -0.496 e. The first-order valence-electron chi connectivity index (χ1n) is 8.04. The minimum atomic E-state index is -0.644. The Morgan fingerprint density at radius 3 is 2.64 bits per heavy atom. The van der Waals surface area contributed by atoms with Gasteiger partial charge in [-0.1, -0.05) is 18.2 Å². The van der Waals surface area contributed by atoms with Gasteiger partial charge in [0, 0.05) is 18.8 Å².